The average molecular weight is 216 g/mol. The zero-order valence-corrected chi connectivity index (χ0v) is 9.53. The van der Waals surface area contributed by atoms with Crippen molar-refractivity contribution in [3.63, 3.8) is 0 Å². The van der Waals surface area contributed by atoms with Gasteiger partial charge in [-0.15, -0.1) is 0 Å². The molecule has 0 bridgehead atoms. The molecule has 4 N–H and O–H groups in total. The number of esters is 1. The van der Waals surface area contributed by atoms with E-state index in [1.165, 1.54) is 0 Å². The van der Waals surface area contributed by atoms with Crippen molar-refractivity contribution in [3.8, 4) is 0 Å². The molecule has 88 valence electrons. The molecule has 0 heterocycles. The molecule has 0 radical (unpaired) electrons. The summed E-state index contributed by atoms with van der Waals surface area (Å²) in [7, 11) is 0. The highest BCUT2D eigenvalue weighted by Gasteiger charge is 2.23. The van der Waals surface area contributed by atoms with Crippen LogP contribution in [0.3, 0.4) is 0 Å². The Balaban J connectivity index is 4.06. The zero-order chi connectivity index (χ0) is 12.0. The van der Waals surface area contributed by atoms with Gasteiger partial charge in [-0.3, -0.25) is 9.59 Å². The Morgan fingerprint density at radius 2 is 1.87 bits per heavy atom. The van der Waals surface area contributed by atoms with E-state index in [1.54, 1.807) is 6.92 Å². The summed E-state index contributed by atoms with van der Waals surface area (Å²) >= 11 is 0. The predicted octanol–water partition coefficient (Wildman–Crippen LogP) is 0.167. The van der Waals surface area contributed by atoms with Crippen LogP contribution in [0.2, 0.25) is 0 Å². The maximum absolute atomic E-state index is 11.4. The second-order valence-corrected chi connectivity index (χ2v) is 3.83. The molecule has 1 amide bonds. The van der Waals surface area contributed by atoms with Crippen LogP contribution in [0, 0.1) is 5.92 Å². The minimum Gasteiger partial charge on any atom is -0.461 e. The summed E-state index contributed by atoms with van der Waals surface area (Å²) in [5.74, 6) is -0.899. The number of rotatable bonds is 6. The van der Waals surface area contributed by atoms with Crippen molar-refractivity contribution in [3.05, 3.63) is 0 Å². The van der Waals surface area contributed by atoms with Crippen molar-refractivity contribution in [1.82, 2.24) is 0 Å². The van der Waals surface area contributed by atoms with Gasteiger partial charge in [-0.05, 0) is 12.8 Å². The van der Waals surface area contributed by atoms with E-state index >= 15 is 0 Å². The molecule has 0 aliphatic rings. The Morgan fingerprint density at radius 3 is 2.27 bits per heavy atom. The number of primary amides is 1. The molecule has 0 rings (SSSR count). The molecule has 0 aromatic heterocycles. The van der Waals surface area contributed by atoms with Gasteiger partial charge in [0, 0.05) is 0 Å². The summed E-state index contributed by atoms with van der Waals surface area (Å²) < 4.78 is 4.98. The van der Waals surface area contributed by atoms with Gasteiger partial charge >= 0.3 is 5.97 Å². The molecular weight excluding hydrogens is 196 g/mol. The lowest BCUT2D eigenvalue weighted by Crippen LogP contribution is -2.40. The highest BCUT2D eigenvalue weighted by Crippen LogP contribution is 2.08. The van der Waals surface area contributed by atoms with Crippen LogP contribution in [0.15, 0.2) is 0 Å². The van der Waals surface area contributed by atoms with E-state index in [-0.39, 0.29) is 12.3 Å². The molecule has 0 saturated heterocycles. The minimum absolute atomic E-state index is 0.0268. The van der Waals surface area contributed by atoms with Gasteiger partial charge in [0.2, 0.25) is 5.91 Å². The normalized spacial score (nSPS) is 16.5. The summed E-state index contributed by atoms with van der Waals surface area (Å²) in [5.41, 5.74) is 10.6. The Labute approximate surface area is 90.1 Å². The molecule has 0 unspecified atom stereocenters. The zero-order valence-electron chi connectivity index (χ0n) is 9.53. The number of nitrogens with two attached hydrogens (primary N) is 2. The summed E-state index contributed by atoms with van der Waals surface area (Å²) in [6, 6.07) is -0.634. The number of amides is 1. The molecule has 15 heavy (non-hydrogen) atoms. The Hall–Kier alpha value is -1.10. The van der Waals surface area contributed by atoms with Crippen LogP contribution >= 0.6 is 0 Å². The van der Waals surface area contributed by atoms with Crippen LogP contribution in [0.5, 0.6) is 0 Å². The molecule has 0 aromatic carbocycles. The molecule has 0 aliphatic heterocycles. The van der Waals surface area contributed by atoms with Crippen molar-refractivity contribution < 1.29 is 14.3 Å². The fourth-order valence-corrected chi connectivity index (χ4v) is 1.09. The van der Waals surface area contributed by atoms with Crippen molar-refractivity contribution in [1.29, 1.82) is 0 Å². The van der Waals surface area contributed by atoms with Gasteiger partial charge < -0.3 is 16.2 Å². The van der Waals surface area contributed by atoms with E-state index in [4.69, 9.17) is 16.2 Å². The van der Waals surface area contributed by atoms with Gasteiger partial charge in [0.1, 0.15) is 12.1 Å². The third kappa shape index (κ3) is 5.37. The van der Waals surface area contributed by atoms with Crippen molar-refractivity contribution in [2.75, 3.05) is 0 Å². The maximum atomic E-state index is 11.4. The van der Waals surface area contributed by atoms with Crippen LogP contribution in [0.1, 0.15) is 33.6 Å². The van der Waals surface area contributed by atoms with Crippen LogP contribution < -0.4 is 11.5 Å². The number of carbonyl (C=O) groups is 2. The van der Waals surface area contributed by atoms with E-state index in [0.29, 0.717) is 0 Å². The smallest absolute Gasteiger partial charge is 0.323 e. The molecule has 5 heteroatoms. The van der Waals surface area contributed by atoms with E-state index in [0.717, 1.165) is 6.42 Å². The van der Waals surface area contributed by atoms with Crippen molar-refractivity contribution >= 4 is 11.9 Å². The molecule has 0 spiro atoms. The van der Waals surface area contributed by atoms with Crippen LogP contribution in [0.4, 0.5) is 0 Å². The van der Waals surface area contributed by atoms with E-state index in [9.17, 15) is 9.59 Å². The number of hydrogen-bond donors (Lipinski definition) is 2. The number of carbonyl (C=O) groups excluding carboxylic acids is 2. The van der Waals surface area contributed by atoms with Gasteiger partial charge in [0.05, 0.1) is 6.42 Å². The largest absolute Gasteiger partial charge is 0.461 e. The summed E-state index contributed by atoms with van der Waals surface area (Å²) in [6.45, 7) is 5.45. The lowest BCUT2D eigenvalue weighted by atomic mass is 10.0. The Bertz CT molecular complexity index is 231. The Morgan fingerprint density at radius 1 is 1.33 bits per heavy atom. The Kier molecular flexibility index (Phi) is 5.93. The lowest BCUT2D eigenvalue weighted by molar-refractivity contribution is -0.152. The lowest BCUT2D eigenvalue weighted by Gasteiger charge is -2.19. The average Bonchev–Trinajstić information content (AvgIpc) is 2.13. The summed E-state index contributed by atoms with van der Waals surface area (Å²) in [6.07, 6.45) is 0.324. The van der Waals surface area contributed by atoms with Gasteiger partial charge in [-0.25, -0.2) is 0 Å². The predicted molar refractivity (Wildman–Crippen MR) is 56.8 cm³/mol. The third-order valence-electron chi connectivity index (χ3n) is 2.34. The first-order valence-electron chi connectivity index (χ1n) is 5.12. The fourth-order valence-electron chi connectivity index (χ4n) is 1.09. The highest BCUT2D eigenvalue weighted by molar-refractivity contribution is 5.77. The van der Waals surface area contributed by atoms with Crippen molar-refractivity contribution in [2.24, 2.45) is 17.4 Å². The van der Waals surface area contributed by atoms with Crippen LogP contribution in [0.25, 0.3) is 0 Å². The van der Waals surface area contributed by atoms with Gasteiger partial charge in [0.15, 0.2) is 0 Å². The highest BCUT2D eigenvalue weighted by atomic mass is 16.5. The monoisotopic (exact) mass is 216 g/mol. The molecule has 0 aromatic rings. The third-order valence-corrected chi connectivity index (χ3v) is 2.34. The van der Waals surface area contributed by atoms with Gasteiger partial charge in [-0.2, -0.15) is 0 Å². The quantitative estimate of drug-likeness (QED) is 0.618. The summed E-state index contributed by atoms with van der Waals surface area (Å²) in [4.78, 5) is 22.0. The second-order valence-electron chi connectivity index (χ2n) is 3.83. The van der Waals surface area contributed by atoms with E-state index < -0.39 is 24.0 Å². The number of ether oxygens (including phenoxy) is 1. The van der Waals surface area contributed by atoms with Crippen LogP contribution in [-0.4, -0.2) is 24.0 Å². The first kappa shape index (κ1) is 13.9. The van der Waals surface area contributed by atoms with E-state index in [2.05, 4.69) is 0 Å². The molecule has 0 aliphatic carbocycles. The SMILES string of the molecule is CC[C@H](C)[C@H](N)C(=O)O[C@@H](C)CC(N)=O. The van der Waals surface area contributed by atoms with Gasteiger partial charge in [-0.1, -0.05) is 20.3 Å². The van der Waals surface area contributed by atoms with E-state index in [1.807, 2.05) is 13.8 Å². The second kappa shape index (κ2) is 6.40. The molecule has 3 atom stereocenters. The van der Waals surface area contributed by atoms with Crippen LogP contribution in [-0.2, 0) is 14.3 Å². The molecule has 0 saturated carbocycles. The maximum Gasteiger partial charge on any atom is 0.323 e. The standard InChI is InChI=1S/C10H20N2O3/c1-4-6(2)9(12)10(14)15-7(3)5-8(11)13/h6-7,9H,4-5,12H2,1-3H3,(H2,11,13)/t6-,7-,9-/m0/s1. The van der Waals surface area contributed by atoms with Gasteiger partial charge in [0.25, 0.3) is 0 Å². The first-order chi connectivity index (χ1) is 6.88. The molecular formula is C10H20N2O3. The number of hydrogen-bond acceptors (Lipinski definition) is 4. The topological polar surface area (TPSA) is 95.4 Å². The fraction of sp³-hybridized carbons (Fsp3) is 0.800. The first-order valence-corrected chi connectivity index (χ1v) is 5.12. The van der Waals surface area contributed by atoms with Crippen molar-refractivity contribution in [2.45, 2.75) is 45.8 Å². The minimum atomic E-state index is -0.634. The molecule has 0 fully saturated rings. The summed E-state index contributed by atoms with van der Waals surface area (Å²) in [5, 5.41) is 0. The molecule has 5 nitrogen and oxygen atoms in total.